The second-order valence-electron chi connectivity index (χ2n) is 4.89. The van der Waals surface area contributed by atoms with Crippen molar-refractivity contribution in [1.82, 2.24) is 14.9 Å². The van der Waals surface area contributed by atoms with Gasteiger partial charge in [0.05, 0.1) is 23.3 Å². The third-order valence-electron chi connectivity index (χ3n) is 3.31. The van der Waals surface area contributed by atoms with E-state index in [1.807, 2.05) is 31.0 Å². The van der Waals surface area contributed by atoms with Gasteiger partial charge in [-0.2, -0.15) is 0 Å². The van der Waals surface area contributed by atoms with E-state index >= 15 is 0 Å². The smallest absolute Gasteiger partial charge is 0.307 e. The van der Waals surface area contributed by atoms with Crippen molar-refractivity contribution < 1.29 is 9.90 Å². The SMILES string of the molecule is CCC(CN(C)Cc1ccc2nc[nH]c2c1)C(=O)O. The Hall–Kier alpha value is -1.88. The molecule has 1 aromatic heterocycles. The second kappa shape index (κ2) is 5.84. The van der Waals surface area contributed by atoms with Gasteiger partial charge in [0.15, 0.2) is 0 Å². The van der Waals surface area contributed by atoms with Gasteiger partial charge in [-0.25, -0.2) is 4.98 Å². The Labute approximate surface area is 112 Å². The summed E-state index contributed by atoms with van der Waals surface area (Å²) < 4.78 is 0. The zero-order valence-corrected chi connectivity index (χ0v) is 11.3. The molecular weight excluding hydrogens is 242 g/mol. The predicted octanol–water partition coefficient (Wildman–Crippen LogP) is 2.11. The maximum absolute atomic E-state index is 11.0. The number of hydrogen-bond acceptors (Lipinski definition) is 3. The monoisotopic (exact) mass is 261 g/mol. The van der Waals surface area contributed by atoms with Crippen LogP contribution in [0.4, 0.5) is 0 Å². The van der Waals surface area contributed by atoms with Gasteiger partial charge >= 0.3 is 5.97 Å². The van der Waals surface area contributed by atoms with Gasteiger partial charge in [-0.15, -0.1) is 0 Å². The number of carboxylic acids is 1. The molecule has 5 heteroatoms. The largest absolute Gasteiger partial charge is 0.481 e. The fraction of sp³-hybridized carbons (Fsp3) is 0.429. The van der Waals surface area contributed by atoms with Crippen molar-refractivity contribution in [2.24, 2.45) is 5.92 Å². The normalized spacial score (nSPS) is 13.0. The van der Waals surface area contributed by atoms with Crippen molar-refractivity contribution in [3.63, 3.8) is 0 Å². The Kier molecular flexibility index (Phi) is 4.16. The summed E-state index contributed by atoms with van der Waals surface area (Å²) in [5.41, 5.74) is 3.11. The van der Waals surface area contributed by atoms with Crippen LogP contribution in [0.15, 0.2) is 24.5 Å². The number of fused-ring (bicyclic) bond motifs is 1. The first kappa shape index (κ1) is 13.5. The summed E-state index contributed by atoms with van der Waals surface area (Å²) in [4.78, 5) is 20.3. The lowest BCUT2D eigenvalue weighted by molar-refractivity contribution is -0.142. The minimum absolute atomic E-state index is 0.305. The Morgan fingerprint density at radius 2 is 2.32 bits per heavy atom. The maximum atomic E-state index is 11.0. The average Bonchev–Trinajstić information content (AvgIpc) is 2.82. The topological polar surface area (TPSA) is 69.2 Å². The molecule has 0 bridgehead atoms. The third kappa shape index (κ3) is 3.32. The van der Waals surface area contributed by atoms with Crippen LogP contribution in [0.5, 0.6) is 0 Å². The molecule has 0 saturated heterocycles. The highest BCUT2D eigenvalue weighted by Crippen LogP contribution is 2.14. The second-order valence-corrected chi connectivity index (χ2v) is 4.89. The molecule has 0 aliphatic carbocycles. The number of aromatic nitrogens is 2. The third-order valence-corrected chi connectivity index (χ3v) is 3.31. The molecule has 0 aliphatic rings. The number of hydrogen-bond donors (Lipinski definition) is 2. The Balaban J connectivity index is 2.01. The van der Waals surface area contributed by atoms with E-state index in [9.17, 15) is 4.79 Å². The first-order valence-electron chi connectivity index (χ1n) is 6.43. The van der Waals surface area contributed by atoms with Crippen molar-refractivity contribution in [2.75, 3.05) is 13.6 Å². The molecule has 19 heavy (non-hydrogen) atoms. The molecule has 1 aromatic carbocycles. The van der Waals surface area contributed by atoms with E-state index in [1.165, 1.54) is 0 Å². The fourth-order valence-corrected chi connectivity index (χ4v) is 2.22. The standard InChI is InChI=1S/C14H19N3O2/c1-3-11(14(18)19)8-17(2)7-10-4-5-12-13(6-10)16-9-15-12/h4-6,9,11H,3,7-8H2,1-2H3,(H,15,16)(H,18,19). The molecule has 0 saturated carbocycles. The van der Waals surface area contributed by atoms with Crippen LogP contribution in [0.2, 0.25) is 0 Å². The summed E-state index contributed by atoms with van der Waals surface area (Å²) >= 11 is 0. The van der Waals surface area contributed by atoms with E-state index in [0.29, 0.717) is 13.0 Å². The Bertz CT molecular complexity index is 565. The molecule has 1 heterocycles. The van der Waals surface area contributed by atoms with Crippen molar-refractivity contribution >= 4 is 17.0 Å². The molecule has 0 radical (unpaired) electrons. The summed E-state index contributed by atoms with van der Waals surface area (Å²) in [6.07, 6.45) is 2.33. The summed E-state index contributed by atoms with van der Waals surface area (Å²) in [7, 11) is 1.95. The average molecular weight is 261 g/mol. The van der Waals surface area contributed by atoms with E-state index in [-0.39, 0.29) is 5.92 Å². The molecule has 2 N–H and O–H groups in total. The van der Waals surface area contributed by atoms with Gasteiger partial charge in [-0.1, -0.05) is 13.0 Å². The highest BCUT2D eigenvalue weighted by Gasteiger charge is 2.17. The van der Waals surface area contributed by atoms with Crippen LogP contribution in [0, 0.1) is 5.92 Å². The van der Waals surface area contributed by atoms with Crippen LogP contribution < -0.4 is 0 Å². The van der Waals surface area contributed by atoms with Crippen LogP contribution in [0.25, 0.3) is 11.0 Å². The molecule has 1 atom stereocenters. The Morgan fingerprint density at radius 1 is 1.53 bits per heavy atom. The molecule has 0 fully saturated rings. The van der Waals surface area contributed by atoms with Crippen molar-refractivity contribution in [1.29, 1.82) is 0 Å². The van der Waals surface area contributed by atoms with Crippen LogP contribution in [0.1, 0.15) is 18.9 Å². The zero-order valence-electron chi connectivity index (χ0n) is 11.3. The summed E-state index contributed by atoms with van der Waals surface area (Å²) in [5.74, 6) is -1.03. The molecular formula is C14H19N3O2. The number of H-pyrrole nitrogens is 1. The Morgan fingerprint density at radius 3 is 3.00 bits per heavy atom. The first-order chi connectivity index (χ1) is 9.10. The van der Waals surface area contributed by atoms with Gasteiger partial charge in [-0.05, 0) is 31.2 Å². The summed E-state index contributed by atoms with van der Waals surface area (Å²) in [5, 5.41) is 9.06. The molecule has 2 aromatic rings. The van der Waals surface area contributed by atoms with Gasteiger partial charge in [0.1, 0.15) is 0 Å². The molecule has 0 aliphatic heterocycles. The predicted molar refractivity (Wildman–Crippen MR) is 73.8 cm³/mol. The lowest BCUT2D eigenvalue weighted by atomic mass is 10.1. The molecule has 0 spiro atoms. The highest BCUT2D eigenvalue weighted by atomic mass is 16.4. The quantitative estimate of drug-likeness (QED) is 0.835. The maximum Gasteiger partial charge on any atom is 0.307 e. The van der Waals surface area contributed by atoms with E-state index in [4.69, 9.17) is 5.11 Å². The van der Waals surface area contributed by atoms with Gasteiger partial charge in [0, 0.05) is 13.1 Å². The number of carboxylic acid groups (broad SMARTS) is 1. The number of benzene rings is 1. The molecule has 5 nitrogen and oxygen atoms in total. The van der Waals surface area contributed by atoms with Crippen LogP contribution in [-0.4, -0.2) is 39.5 Å². The highest BCUT2D eigenvalue weighted by molar-refractivity contribution is 5.75. The number of aliphatic carboxylic acids is 1. The molecule has 0 amide bonds. The minimum atomic E-state index is -0.724. The van der Waals surface area contributed by atoms with Crippen molar-refractivity contribution in [3.8, 4) is 0 Å². The van der Waals surface area contributed by atoms with Gasteiger partial charge in [-0.3, -0.25) is 4.79 Å². The molecule has 2 rings (SSSR count). The number of imidazole rings is 1. The van der Waals surface area contributed by atoms with Crippen molar-refractivity contribution in [3.05, 3.63) is 30.1 Å². The summed E-state index contributed by atoms with van der Waals surface area (Å²) in [6.45, 7) is 3.20. The summed E-state index contributed by atoms with van der Waals surface area (Å²) in [6, 6.07) is 6.06. The number of aromatic amines is 1. The lowest BCUT2D eigenvalue weighted by Gasteiger charge is -2.20. The number of carbonyl (C=O) groups is 1. The van der Waals surface area contributed by atoms with Crippen LogP contribution >= 0.6 is 0 Å². The minimum Gasteiger partial charge on any atom is -0.481 e. The van der Waals surface area contributed by atoms with Crippen LogP contribution in [-0.2, 0) is 11.3 Å². The zero-order chi connectivity index (χ0) is 13.8. The lowest BCUT2D eigenvalue weighted by Crippen LogP contribution is -2.29. The number of nitrogens with one attached hydrogen (secondary N) is 1. The van der Waals surface area contributed by atoms with Gasteiger partial charge in [0.25, 0.3) is 0 Å². The van der Waals surface area contributed by atoms with E-state index < -0.39 is 5.97 Å². The van der Waals surface area contributed by atoms with Crippen molar-refractivity contribution in [2.45, 2.75) is 19.9 Å². The van der Waals surface area contributed by atoms with Gasteiger partial charge in [0.2, 0.25) is 0 Å². The fourth-order valence-electron chi connectivity index (χ4n) is 2.22. The van der Waals surface area contributed by atoms with E-state index in [2.05, 4.69) is 16.0 Å². The first-order valence-corrected chi connectivity index (χ1v) is 6.43. The molecule has 102 valence electrons. The van der Waals surface area contributed by atoms with E-state index in [0.717, 1.165) is 23.1 Å². The van der Waals surface area contributed by atoms with E-state index in [1.54, 1.807) is 6.33 Å². The number of rotatable bonds is 6. The molecule has 1 unspecified atom stereocenters. The van der Waals surface area contributed by atoms with Crippen LogP contribution in [0.3, 0.4) is 0 Å². The van der Waals surface area contributed by atoms with Gasteiger partial charge < -0.3 is 15.0 Å². The number of nitrogens with zero attached hydrogens (tertiary/aromatic N) is 2.